The van der Waals surface area contributed by atoms with Crippen molar-refractivity contribution in [2.24, 2.45) is 10.7 Å². The first-order valence-electron chi connectivity index (χ1n) is 6.21. The topological polar surface area (TPSA) is 79.5 Å². The van der Waals surface area contributed by atoms with Crippen LogP contribution in [0.5, 0.6) is 0 Å². The number of amides is 1. The number of carbonyl (C=O) groups is 1. The van der Waals surface area contributed by atoms with Crippen LogP contribution in [0.2, 0.25) is 0 Å². The van der Waals surface area contributed by atoms with E-state index in [0.29, 0.717) is 5.69 Å². The Morgan fingerprint density at radius 2 is 2.26 bits per heavy atom. The normalized spacial score (nSPS) is 11.2. The molecule has 0 heterocycles. The Morgan fingerprint density at radius 3 is 2.95 bits per heavy atom. The molecule has 0 saturated carbocycles. The van der Waals surface area contributed by atoms with Gasteiger partial charge in [-0.05, 0) is 24.6 Å². The molecule has 0 unspecified atom stereocenters. The number of aliphatic imine (C=N–C) groups is 1. The minimum atomic E-state index is -0.401. The van der Waals surface area contributed by atoms with Crippen molar-refractivity contribution in [1.82, 2.24) is 5.32 Å². The van der Waals surface area contributed by atoms with Gasteiger partial charge in [-0.2, -0.15) is 0 Å². The number of hydrogen-bond donors (Lipinski definition) is 3. The number of carbonyl (C=O) groups excluding carboxylic acids is 1. The molecule has 1 aromatic rings. The Labute approximate surface area is 112 Å². The Balaban J connectivity index is 2.37. The quantitative estimate of drug-likeness (QED) is 0.414. The third kappa shape index (κ3) is 6.40. The molecule has 19 heavy (non-hydrogen) atoms. The van der Waals surface area contributed by atoms with E-state index in [1.54, 1.807) is 6.07 Å². The van der Waals surface area contributed by atoms with Crippen LogP contribution in [0.25, 0.3) is 0 Å². The molecule has 1 amide bonds. The van der Waals surface area contributed by atoms with E-state index >= 15 is 0 Å². The van der Waals surface area contributed by atoms with Gasteiger partial charge in [0.2, 0.25) is 5.91 Å². The van der Waals surface area contributed by atoms with E-state index in [9.17, 15) is 9.18 Å². The van der Waals surface area contributed by atoms with Crippen molar-refractivity contribution in [2.45, 2.75) is 19.8 Å². The van der Waals surface area contributed by atoms with Gasteiger partial charge in [0, 0.05) is 12.2 Å². The first kappa shape index (κ1) is 14.9. The minimum Gasteiger partial charge on any atom is -0.370 e. The first-order chi connectivity index (χ1) is 9.11. The first-order valence-corrected chi connectivity index (χ1v) is 6.21. The van der Waals surface area contributed by atoms with Gasteiger partial charge < -0.3 is 16.4 Å². The average molecular weight is 266 g/mol. The van der Waals surface area contributed by atoms with Crippen LogP contribution in [0.4, 0.5) is 10.1 Å². The van der Waals surface area contributed by atoms with Crippen LogP contribution >= 0.6 is 0 Å². The molecule has 0 aromatic heterocycles. The molecule has 0 spiro atoms. The summed E-state index contributed by atoms with van der Waals surface area (Å²) in [6, 6.07) is 5.68. The van der Waals surface area contributed by atoms with E-state index < -0.39 is 5.82 Å². The summed E-state index contributed by atoms with van der Waals surface area (Å²) >= 11 is 0. The fraction of sp³-hybridized carbons (Fsp3) is 0.385. The van der Waals surface area contributed by atoms with Crippen LogP contribution in [-0.4, -0.2) is 25.0 Å². The predicted octanol–water partition coefficient (Wildman–Crippen LogP) is 1.47. The van der Waals surface area contributed by atoms with Crippen LogP contribution in [0.3, 0.4) is 0 Å². The second-order valence-electron chi connectivity index (χ2n) is 4.04. The van der Waals surface area contributed by atoms with E-state index in [4.69, 9.17) is 5.73 Å². The summed E-state index contributed by atoms with van der Waals surface area (Å²) < 4.78 is 12.9. The van der Waals surface area contributed by atoms with E-state index in [0.717, 1.165) is 19.4 Å². The molecule has 0 aliphatic rings. The molecule has 1 aromatic carbocycles. The maximum atomic E-state index is 12.9. The summed E-state index contributed by atoms with van der Waals surface area (Å²) in [4.78, 5) is 15.4. The van der Waals surface area contributed by atoms with E-state index in [1.165, 1.54) is 18.2 Å². The molecule has 0 bridgehead atoms. The second kappa shape index (κ2) is 8.07. The number of nitrogens with two attached hydrogens (primary N) is 1. The third-order valence-electron chi connectivity index (χ3n) is 2.34. The maximum absolute atomic E-state index is 12.9. The van der Waals surface area contributed by atoms with Crippen LogP contribution < -0.4 is 16.4 Å². The van der Waals surface area contributed by atoms with Crippen molar-refractivity contribution in [2.75, 3.05) is 18.4 Å². The number of halogens is 1. The number of nitrogens with zero attached hydrogens (tertiary/aromatic N) is 1. The largest absolute Gasteiger partial charge is 0.370 e. The zero-order valence-corrected chi connectivity index (χ0v) is 10.9. The predicted molar refractivity (Wildman–Crippen MR) is 74.4 cm³/mol. The van der Waals surface area contributed by atoms with Crippen molar-refractivity contribution < 1.29 is 9.18 Å². The van der Waals surface area contributed by atoms with Gasteiger partial charge >= 0.3 is 0 Å². The molecule has 0 aliphatic heterocycles. The summed E-state index contributed by atoms with van der Waals surface area (Å²) in [5.41, 5.74) is 5.98. The van der Waals surface area contributed by atoms with Gasteiger partial charge in [0.05, 0.1) is 0 Å². The minimum absolute atomic E-state index is 0.0958. The Hall–Kier alpha value is -2.11. The SMILES string of the molecule is CCCCNC(N)=NCC(=O)Nc1cccc(F)c1. The average Bonchev–Trinajstić information content (AvgIpc) is 2.37. The number of unbranched alkanes of at least 4 members (excludes halogenated alkanes) is 1. The number of hydrogen-bond acceptors (Lipinski definition) is 2. The summed E-state index contributed by atoms with van der Waals surface area (Å²) in [5.74, 6) is -0.504. The highest BCUT2D eigenvalue weighted by Crippen LogP contribution is 2.08. The van der Waals surface area contributed by atoms with Crippen LogP contribution in [0, 0.1) is 5.82 Å². The van der Waals surface area contributed by atoms with E-state index in [2.05, 4.69) is 22.5 Å². The molecule has 5 nitrogen and oxygen atoms in total. The van der Waals surface area contributed by atoms with Crippen molar-refractivity contribution in [3.05, 3.63) is 30.1 Å². The summed E-state index contributed by atoms with van der Waals surface area (Å²) in [6.45, 7) is 2.71. The lowest BCUT2D eigenvalue weighted by Crippen LogP contribution is -2.33. The Kier molecular flexibility index (Phi) is 6.35. The second-order valence-corrected chi connectivity index (χ2v) is 4.04. The number of anilines is 1. The van der Waals surface area contributed by atoms with Gasteiger partial charge in [0.15, 0.2) is 5.96 Å². The van der Waals surface area contributed by atoms with Gasteiger partial charge in [0.25, 0.3) is 0 Å². The van der Waals surface area contributed by atoms with Crippen LogP contribution in [0.1, 0.15) is 19.8 Å². The van der Waals surface area contributed by atoms with Crippen molar-refractivity contribution in [3.8, 4) is 0 Å². The number of rotatable bonds is 6. The lowest BCUT2D eigenvalue weighted by atomic mass is 10.3. The molecule has 0 fully saturated rings. The van der Waals surface area contributed by atoms with Gasteiger partial charge in [-0.1, -0.05) is 19.4 Å². The highest BCUT2D eigenvalue weighted by atomic mass is 19.1. The number of nitrogens with one attached hydrogen (secondary N) is 2. The highest BCUT2D eigenvalue weighted by molar-refractivity contribution is 5.93. The molecule has 4 N–H and O–H groups in total. The standard InChI is InChI=1S/C13H19FN4O/c1-2-3-7-16-13(15)17-9-12(19)18-11-6-4-5-10(14)8-11/h4-6,8H,2-3,7,9H2,1H3,(H,18,19)(H3,15,16,17). The van der Waals surface area contributed by atoms with E-state index in [-0.39, 0.29) is 18.4 Å². The Bertz CT molecular complexity index is 448. The molecule has 1 rings (SSSR count). The van der Waals surface area contributed by atoms with Gasteiger partial charge in [0.1, 0.15) is 12.4 Å². The monoisotopic (exact) mass is 266 g/mol. The smallest absolute Gasteiger partial charge is 0.246 e. The number of benzene rings is 1. The zero-order chi connectivity index (χ0) is 14.1. The Morgan fingerprint density at radius 1 is 1.47 bits per heavy atom. The van der Waals surface area contributed by atoms with Gasteiger partial charge in [-0.25, -0.2) is 9.38 Å². The lowest BCUT2D eigenvalue weighted by molar-refractivity contribution is -0.114. The van der Waals surface area contributed by atoms with Gasteiger partial charge in [-0.3, -0.25) is 4.79 Å². The van der Waals surface area contributed by atoms with Crippen LogP contribution in [-0.2, 0) is 4.79 Å². The molecule has 0 radical (unpaired) electrons. The van der Waals surface area contributed by atoms with Crippen LogP contribution in [0.15, 0.2) is 29.3 Å². The third-order valence-corrected chi connectivity index (χ3v) is 2.34. The lowest BCUT2D eigenvalue weighted by Gasteiger charge is -2.05. The number of guanidine groups is 1. The summed E-state index contributed by atoms with van der Waals surface area (Å²) in [7, 11) is 0. The highest BCUT2D eigenvalue weighted by Gasteiger charge is 2.02. The van der Waals surface area contributed by atoms with Gasteiger partial charge in [-0.15, -0.1) is 0 Å². The summed E-state index contributed by atoms with van der Waals surface area (Å²) in [6.07, 6.45) is 2.05. The maximum Gasteiger partial charge on any atom is 0.246 e. The fourth-order valence-corrected chi connectivity index (χ4v) is 1.37. The molecule has 0 atom stereocenters. The summed E-state index contributed by atoms with van der Waals surface area (Å²) in [5, 5.41) is 5.44. The molecular weight excluding hydrogens is 247 g/mol. The molecule has 0 saturated heterocycles. The fourth-order valence-electron chi connectivity index (χ4n) is 1.37. The molecule has 6 heteroatoms. The molecular formula is C13H19FN4O. The van der Waals surface area contributed by atoms with Crippen molar-refractivity contribution >= 4 is 17.6 Å². The molecule has 104 valence electrons. The molecule has 0 aliphatic carbocycles. The van der Waals surface area contributed by atoms with E-state index in [1.807, 2.05) is 0 Å². The zero-order valence-electron chi connectivity index (χ0n) is 10.9. The van der Waals surface area contributed by atoms with Crippen molar-refractivity contribution in [3.63, 3.8) is 0 Å². The van der Waals surface area contributed by atoms with Crippen molar-refractivity contribution in [1.29, 1.82) is 0 Å².